The number of hydrogen-bond acceptors (Lipinski definition) is 6. The van der Waals surface area contributed by atoms with Gasteiger partial charge in [0.1, 0.15) is 17.0 Å². The van der Waals surface area contributed by atoms with Crippen molar-refractivity contribution in [2.45, 2.75) is 39.2 Å². The van der Waals surface area contributed by atoms with E-state index in [9.17, 15) is 19.5 Å². The minimum Gasteiger partial charge on any atom is -0.478 e. The standard InChI is InChI=1S/C24H27N5O4/c1-14-12-17(15(2)26-18-9-5-4-8-16(18)24(32)33)21-27-22(28-10-6-3-7-11-28)19(20(25)30)23(31)29(21)13-14/h4-5,8-9,12-13,15,26H,3,6-7,10-11H2,1-2H3,(H2,25,30)(H,32,33)/t15-/m1/s1. The maximum absolute atomic E-state index is 13.4. The predicted octanol–water partition coefficient (Wildman–Crippen LogP) is 2.96. The fourth-order valence-corrected chi connectivity index (χ4v) is 4.37. The van der Waals surface area contributed by atoms with Crippen LogP contribution < -0.4 is 21.5 Å². The largest absolute Gasteiger partial charge is 0.478 e. The summed E-state index contributed by atoms with van der Waals surface area (Å²) < 4.78 is 1.36. The summed E-state index contributed by atoms with van der Waals surface area (Å²) in [4.78, 5) is 44.0. The molecule has 1 amide bonds. The van der Waals surface area contributed by atoms with Crippen LogP contribution in [0.15, 0.2) is 41.3 Å². The second-order valence-corrected chi connectivity index (χ2v) is 8.41. The van der Waals surface area contributed by atoms with Crippen LogP contribution in [0.4, 0.5) is 11.5 Å². The van der Waals surface area contributed by atoms with Crippen LogP contribution in [0.3, 0.4) is 0 Å². The van der Waals surface area contributed by atoms with E-state index >= 15 is 0 Å². The third kappa shape index (κ3) is 4.26. The maximum atomic E-state index is 13.4. The molecule has 172 valence electrons. The number of fused-ring (bicyclic) bond motifs is 1. The number of carbonyl (C=O) groups excluding carboxylic acids is 1. The zero-order chi connectivity index (χ0) is 23.7. The molecule has 1 aliphatic heterocycles. The van der Waals surface area contributed by atoms with E-state index in [0.29, 0.717) is 35.8 Å². The molecule has 0 spiro atoms. The Morgan fingerprint density at radius 2 is 1.88 bits per heavy atom. The zero-order valence-corrected chi connectivity index (χ0v) is 18.7. The fourth-order valence-electron chi connectivity index (χ4n) is 4.37. The molecule has 0 unspecified atom stereocenters. The number of amides is 1. The summed E-state index contributed by atoms with van der Waals surface area (Å²) in [6.45, 7) is 5.12. The Labute approximate surface area is 190 Å². The Hall–Kier alpha value is -3.88. The molecule has 3 heterocycles. The van der Waals surface area contributed by atoms with Gasteiger partial charge in [-0.15, -0.1) is 0 Å². The van der Waals surface area contributed by atoms with Crippen molar-refractivity contribution in [1.29, 1.82) is 0 Å². The van der Waals surface area contributed by atoms with Crippen LogP contribution in [-0.2, 0) is 0 Å². The van der Waals surface area contributed by atoms with E-state index in [4.69, 9.17) is 10.7 Å². The maximum Gasteiger partial charge on any atom is 0.337 e. The monoisotopic (exact) mass is 449 g/mol. The van der Waals surface area contributed by atoms with Gasteiger partial charge in [-0.05, 0) is 56.9 Å². The third-order valence-electron chi connectivity index (χ3n) is 5.97. The number of rotatable bonds is 6. The smallest absolute Gasteiger partial charge is 0.337 e. The minimum absolute atomic E-state index is 0.109. The van der Waals surface area contributed by atoms with Gasteiger partial charge in [-0.1, -0.05) is 12.1 Å². The lowest BCUT2D eigenvalue weighted by Gasteiger charge is -2.29. The summed E-state index contributed by atoms with van der Waals surface area (Å²) in [5, 5.41) is 12.8. The molecule has 1 fully saturated rings. The number of hydrogen-bond donors (Lipinski definition) is 3. The Morgan fingerprint density at radius 3 is 2.55 bits per heavy atom. The molecular weight excluding hydrogens is 422 g/mol. The first-order chi connectivity index (χ1) is 15.8. The summed E-state index contributed by atoms with van der Waals surface area (Å²) in [6.07, 6.45) is 4.62. The van der Waals surface area contributed by atoms with Crippen molar-refractivity contribution in [3.05, 3.63) is 69.1 Å². The van der Waals surface area contributed by atoms with Gasteiger partial charge in [0, 0.05) is 30.5 Å². The number of aryl methyl sites for hydroxylation is 1. The van der Waals surface area contributed by atoms with E-state index in [0.717, 1.165) is 24.8 Å². The molecule has 1 aromatic carbocycles. The number of benzene rings is 1. The first kappa shape index (κ1) is 22.3. The predicted molar refractivity (Wildman–Crippen MR) is 126 cm³/mol. The van der Waals surface area contributed by atoms with Crippen LogP contribution in [0.1, 0.15) is 64.1 Å². The van der Waals surface area contributed by atoms with Crippen molar-refractivity contribution in [3.8, 4) is 0 Å². The Morgan fingerprint density at radius 1 is 1.18 bits per heavy atom. The fraction of sp³-hybridized carbons (Fsp3) is 0.333. The molecule has 3 aromatic rings. The second-order valence-electron chi connectivity index (χ2n) is 8.41. The van der Waals surface area contributed by atoms with Gasteiger partial charge < -0.3 is 21.1 Å². The van der Waals surface area contributed by atoms with Crippen molar-refractivity contribution in [2.75, 3.05) is 23.3 Å². The van der Waals surface area contributed by atoms with Crippen molar-refractivity contribution < 1.29 is 14.7 Å². The second kappa shape index (κ2) is 8.93. The van der Waals surface area contributed by atoms with E-state index in [-0.39, 0.29) is 17.2 Å². The van der Waals surface area contributed by atoms with Crippen LogP contribution in [-0.4, -0.2) is 39.5 Å². The van der Waals surface area contributed by atoms with Crippen LogP contribution in [0, 0.1) is 6.92 Å². The first-order valence-corrected chi connectivity index (χ1v) is 11.0. The number of nitrogens with two attached hydrogens (primary N) is 1. The number of nitrogens with one attached hydrogen (secondary N) is 1. The normalized spacial score (nSPS) is 14.8. The van der Waals surface area contributed by atoms with E-state index in [1.165, 1.54) is 10.5 Å². The number of carboxylic acids is 1. The van der Waals surface area contributed by atoms with Crippen molar-refractivity contribution in [3.63, 3.8) is 0 Å². The highest BCUT2D eigenvalue weighted by atomic mass is 16.4. The summed E-state index contributed by atoms with van der Waals surface area (Å²) in [6, 6.07) is 8.18. The molecule has 1 atom stereocenters. The lowest BCUT2D eigenvalue weighted by Crippen LogP contribution is -2.37. The molecule has 1 saturated heterocycles. The van der Waals surface area contributed by atoms with Gasteiger partial charge in [0.15, 0.2) is 0 Å². The number of aromatic nitrogens is 2. The number of piperidine rings is 1. The minimum atomic E-state index is -1.03. The summed E-state index contributed by atoms with van der Waals surface area (Å²) >= 11 is 0. The van der Waals surface area contributed by atoms with Gasteiger partial charge in [-0.2, -0.15) is 0 Å². The highest BCUT2D eigenvalue weighted by Gasteiger charge is 2.25. The molecule has 9 nitrogen and oxygen atoms in total. The number of aromatic carboxylic acids is 1. The molecule has 0 radical (unpaired) electrons. The van der Waals surface area contributed by atoms with E-state index in [2.05, 4.69) is 5.32 Å². The average molecular weight is 450 g/mol. The molecule has 33 heavy (non-hydrogen) atoms. The van der Waals surface area contributed by atoms with Gasteiger partial charge in [0.25, 0.3) is 11.5 Å². The highest BCUT2D eigenvalue weighted by molar-refractivity contribution is 5.98. The number of anilines is 2. The van der Waals surface area contributed by atoms with E-state index < -0.39 is 17.4 Å². The molecule has 0 bridgehead atoms. The lowest BCUT2D eigenvalue weighted by atomic mass is 10.1. The van der Waals surface area contributed by atoms with Gasteiger partial charge in [-0.3, -0.25) is 14.0 Å². The average Bonchev–Trinajstić information content (AvgIpc) is 2.79. The van der Waals surface area contributed by atoms with Crippen molar-refractivity contribution in [2.24, 2.45) is 5.73 Å². The number of para-hydroxylation sites is 1. The van der Waals surface area contributed by atoms with Gasteiger partial charge in [0.05, 0.1) is 11.6 Å². The molecule has 1 aliphatic rings. The third-order valence-corrected chi connectivity index (χ3v) is 5.97. The topological polar surface area (TPSA) is 130 Å². The van der Waals surface area contributed by atoms with Crippen LogP contribution in [0.25, 0.3) is 5.65 Å². The number of pyridine rings is 1. The number of nitrogens with zero attached hydrogens (tertiary/aromatic N) is 3. The summed E-state index contributed by atoms with van der Waals surface area (Å²) in [5.74, 6) is -1.52. The quantitative estimate of drug-likeness (QED) is 0.527. The molecule has 0 aliphatic carbocycles. The van der Waals surface area contributed by atoms with Gasteiger partial charge >= 0.3 is 5.97 Å². The zero-order valence-electron chi connectivity index (χ0n) is 18.7. The molecule has 4 rings (SSSR count). The van der Waals surface area contributed by atoms with Gasteiger partial charge in [-0.25, -0.2) is 9.78 Å². The van der Waals surface area contributed by atoms with Crippen molar-refractivity contribution in [1.82, 2.24) is 9.38 Å². The number of carboxylic acid groups (broad SMARTS) is 1. The van der Waals surface area contributed by atoms with Crippen molar-refractivity contribution >= 4 is 29.0 Å². The Kier molecular flexibility index (Phi) is 6.04. The number of carbonyl (C=O) groups is 2. The number of primary amides is 1. The lowest BCUT2D eigenvalue weighted by molar-refractivity contribution is 0.0697. The molecular formula is C24H27N5O4. The summed E-state index contributed by atoms with van der Waals surface area (Å²) in [5.41, 5.74) is 7.52. The molecule has 4 N–H and O–H groups in total. The van der Waals surface area contributed by atoms with Crippen LogP contribution in [0.5, 0.6) is 0 Å². The molecule has 0 saturated carbocycles. The van der Waals surface area contributed by atoms with E-state index in [1.807, 2.05) is 24.8 Å². The SMILES string of the molecule is Cc1cc([C@@H](C)Nc2ccccc2C(=O)O)c2nc(N3CCCCC3)c(C(N)=O)c(=O)n2c1. The summed E-state index contributed by atoms with van der Waals surface area (Å²) in [7, 11) is 0. The molecule has 9 heteroatoms. The van der Waals surface area contributed by atoms with E-state index in [1.54, 1.807) is 24.4 Å². The highest BCUT2D eigenvalue weighted by Crippen LogP contribution is 2.28. The first-order valence-electron chi connectivity index (χ1n) is 11.0. The molecule has 2 aromatic heterocycles. The Bertz CT molecular complexity index is 1290. The Balaban J connectivity index is 1.88. The van der Waals surface area contributed by atoms with Crippen LogP contribution in [0.2, 0.25) is 0 Å². The van der Waals surface area contributed by atoms with Crippen LogP contribution >= 0.6 is 0 Å². The van der Waals surface area contributed by atoms with Gasteiger partial charge in [0.2, 0.25) is 0 Å².